The third-order valence-corrected chi connectivity index (χ3v) is 4.01. The van der Waals surface area contributed by atoms with Crippen LogP contribution in [0, 0.1) is 13.8 Å². The Bertz CT molecular complexity index is 986. The van der Waals surface area contributed by atoms with Crippen LogP contribution in [0.4, 0.5) is 5.69 Å². The normalized spacial score (nSPS) is 10.5. The van der Waals surface area contributed by atoms with Crippen LogP contribution in [-0.2, 0) is 9.53 Å². The summed E-state index contributed by atoms with van der Waals surface area (Å²) in [6.45, 7) is 3.08. The van der Waals surface area contributed by atoms with Gasteiger partial charge in [-0.3, -0.25) is 4.79 Å². The molecule has 0 spiro atoms. The number of nitrogens with one attached hydrogen (secondary N) is 1. The van der Waals surface area contributed by atoms with Gasteiger partial charge in [-0.1, -0.05) is 35.9 Å². The first-order valence-corrected chi connectivity index (χ1v) is 8.54. The smallest absolute Gasteiger partial charge is 0.361 e. The van der Waals surface area contributed by atoms with Crippen molar-refractivity contribution in [3.05, 3.63) is 70.5 Å². The molecule has 0 saturated heterocycles. The molecule has 0 atom stereocenters. The molecule has 0 aliphatic carbocycles. The molecule has 3 aromatic rings. The summed E-state index contributed by atoms with van der Waals surface area (Å²) in [5.41, 5.74) is 2.60. The van der Waals surface area contributed by atoms with Crippen molar-refractivity contribution in [2.45, 2.75) is 13.8 Å². The van der Waals surface area contributed by atoms with Crippen LogP contribution in [0.1, 0.15) is 21.7 Å². The first-order chi connectivity index (χ1) is 12.9. The van der Waals surface area contributed by atoms with E-state index in [-0.39, 0.29) is 5.69 Å². The lowest BCUT2D eigenvalue weighted by molar-refractivity contribution is -0.119. The first-order valence-electron chi connectivity index (χ1n) is 8.16. The number of amides is 1. The highest BCUT2D eigenvalue weighted by Crippen LogP contribution is 2.22. The molecule has 8 heteroatoms. The number of ether oxygens (including phenoxy) is 1. The topological polar surface area (TPSA) is 86.1 Å². The molecule has 0 aliphatic heterocycles. The van der Waals surface area contributed by atoms with E-state index in [9.17, 15) is 9.59 Å². The molecule has 1 amide bonds. The summed E-state index contributed by atoms with van der Waals surface area (Å²) < 4.78 is 5.05. The van der Waals surface area contributed by atoms with Gasteiger partial charge in [-0.25, -0.2) is 4.79 Å². The van der Waals surface area contributed by atoms with E-state index in [0.29, 0.717) is 22.1 Å². The molecule has 138 valence electrons. The van der Waals surface area contributed by atoms with Gasteiger partial charge in [0.15, 0.2) is 12.3 Å². The number of carbonyl (C=O) groups is 2. The molecule has 0 unspecified atom stereocenters. The van der Waals surface area contributed by atoms with Gasteiger partial charge in [0.25, 0.3) is 5.91 Å². The molecule has 7 nitrogen and oxygen atoms in total. The van der Waals surface area contributed by atoms with Crippen LogP contribution in [-0.4, -0.2) is 33.5 Å². The van der Waals surface area contributed by atoms with Gasteiger partial charge in [0, 0.05) is 0 Å². The number of aromatic nitrogens is 3. The van der Waals surface area contributed by atoms with Crippen LogP contribution in [0.2, 0.25) is 5.02 Å². The van der Waals surface area contributed by atoms with Gasteiger partial charge in [0.05, 0.1) is 22.1 Å². The Morgan fingerprint density at radius 2 is 1.85 bits per heavy atom. The van der Waals surface area contributed by atoms with E-state index in [1.807, 2.05) is 43.3 Å². The van der Waals surface area contributed by atoms with E-state index < -0.39 is 18.5 Å². The Morgan fingerprint density at radius 1 is 1.11 bits per heavy atom. The molecule has 1 N–H and O–H groups in total. The zero-order valence-electron chi connectivity index (χ0n) is 14.8. The summed E-state index contributed by atoms with van der Waals surface area (Å²) in [7, 11) is 0. The number of carbonyl (C=O) groups excluding carboxylic acids is 2. The zero-order chi connectivity index (χ0) is 19.4. The van der Waals surface area contributed by atoms with Crippen LogP contribution < -0.4 is 5.32 Å². The summed E-state index contributed by atoms with van der Waals surface area (Å²) in [6.07, 6.45) is 0. The van der Waals surface area contributed by atoms with E-state index in [1.165, 1.54) is 4.80 Å². The number of rotatable bonds is 5. The standard InChI is InChI=1S/C19H17ClN4O3/c1-12-8-9-16(15(20)10-12)21-17(25)11-27-19(26)18-13(2)22-24(23-18)14-6-4-3-5-7-14/h3-10H,11H2,1-2H3,(H,21,25). The van der Waals surface area contributed by atoms with Crippen molar-refractivity contribution in [2.24, 2.45) is 0 Å². The van der Waals surface area contributed by atoms with E-state index in [1.54, 1.807) is 19.1 Å². The fraction of sp³-hybridized carbons (Fsp3) is 0.158. The Balaban J connectivity index is 1.62. The van der Waals surface area contributed by atoms with Crippen LogP contribution >= 0.6 is 11.6 Å². The summed E-state index contributed by atoms with van der Waals surface area (Å²) in [5.74, 6) is -1.22. The highest BCUT2D eigenvalue weighted by molar-refractivity contribution is 6.33. The van der Waals surface area contributed by atoms with Crippen molar-refractivity contribution >= 4 is 29.2 Å². The number of aryl methyl sites for hydroxylation is 2. The minimum absolute atomic E-state index is 0.0556. The van der Waals surface area contributed by atoms with Crippen molar-refractivity contribution in [1.29, 1.82) is 0 Å². The summed E-state index contributed by atoms with van der Waals surface area (Å²) >= 11 is 6.07. The highest BCUT2D eigenvalue weighted by atomic mass is 35.5. The number of benzene rings is 2. The predicted molar refractivity (Wildman–Crippen MR) is 101 cm³/mol. The van der Waals surface area contributed by atoms with Gasteiger partial charge in [0.1, 0.15) is 0 Å². The Morgan fingerprint density at radius 3 is 2.56 bits per heavy atom. The Hall–Kier alpha value is -3.19. The second kappa shape index (κ2) is 8.01. The minimum Gasteiger partial charge on any atom is -0.451 e. The van der Waals surface area contributed by atoms with Gasteiger partial charge in [0.2, 0.25) is 0 Å². The van der Waals surface area contributed by atoms with Crippen molar-refractivity contribution in [2.75, 3.05) is 11.9 Å². The average Bonchev–Trinajstić information content (AvgIpc) is 3.05. The third kappa shape index (κ3) is 4.51. The van der Waals surface area contributed by atoms with Gasteiger partial charge < -0.3 is 10.1 Å². The van der Waals surface area contributed by atoms with Crippen LogP contribution in [0.15, 0.2) is 48.5 Å². The minimum atomic E-state index is -0.722. The van der Waals surface area contributed by atoms with E-state index in [4.69, 9.17) is 16.3 Å². The molecule has 3 rings (SSSR count). The lowest BCUT2D eigenvalue weighted by atomic mass is 10.2. The average molecular weight is 385 g/mol. The van der Waals surface area contributed by atoms with Crippen molar-refractivity contribution in [1.82, 2.24) is 15.0 Å². The van der Waals surface area contributed by atoms with E-state index in [2.05, 4.69) is 15.5 Å². The monoisotopic (exact) mass is 384 g/mol. The van der Waals surface area contributed by atoms with E-state index in [0.717, 1.165) is 5.56 Å². The second-order valence-corrected chi connectivity index (χ2v) is 6.27. The molecule has 1 aromatic heterocycles. The van der Waals surface area contributed by atoms with Gasteiger partial charge in [-0.2, -0.15) is 9.90 Å². The summed E-state index contributed by atoms with van der Waals surface area (Å²) in [5, 5.41) is 11.4. The number of anilines is 1. The predicted octanol–water partition coefficient (Wildman–Crippen LogP) is 3.33. The third-order valence-electron chi connectivity index (χ3n) is 3.70. The highest BCUT2D eigenvalue weighted by Gasteiger charge is 2.19. The maximum absolute atomic E-state index is 12.2. The van der Waals surface area contributed by atoms with Crippen LogP contribution in [0.25, 0.3) is 5.69 Å². The summed E-state index contributed by atoms with van der Waals surface area (Å²) in [4.78, 5) is 25.6. The maximum atomic E-state index is 12.2. The molecular weight excluding hydrogens is 368 g/mol. The molecule has 0 radical (unpaired) electrons. The molecule has 2 aromatic carbocycles. The van der Waals surface area contributed by atoms with Crippen molar-refractivity contribution in [3.63, 3.8) is 0 Å². The molecule has 0 saturated carbocycles. The molecule has 27 heavy (non-hydrogen) atoms. The van der Waals surface area contributed by atoms with Gasteiger partial charge in [-0.05, 0) is 43.7 Å². The maximum Gasteiger partial charge on any atom is 0.361 e. The van der Waals surface area contributed by atoms with E-state index >= 15 is 0 Å². The SMILES string of the molecule is Cc1ccc(NC(=O)COC(=O)c2nn(-c3ccccc3)nc2C)c(Cl)c1. The van der Waals surface area contributed by atoms with Gasteiger partial charge in [-0.15, -0.1) is 5.10 Å². The Labute approximate surface area is 160 Å². The number of para-hydroxylation sites is 1. The Kier molecular flexibility index (Phi) is 5.52. The quantitative estimate of drug-likeness (QED) is 0.682. The van der Waals surface area contributed by atoms with Crippen LogP contribution in [0.5, 0.6) is 0 Å². The number of esters is 1. The number of nitrogens with zero attached hydrogens (tertiary/aromatic N) is 3. The largest absolute Gasteiger partial charge is 0.451 e. The number of hydrogen-bond acceptors (Lipinski definition) is 5. The van der Waals surface area contributed by atoms with Gasteiger partial charge >= 0.3 is 5.97 Å². The molecule has 0 fully saturated rings. The number of hydrogen-bond donors (Lipinski definition) is 1. The fourth-order valence-electron chi connectivity index (χ4n) is 2.35. The number of halogens is 1. The van der Waals surface area contributed by atoms with Crippen LogP contribution in [0.3, 0.4) is 0 Å². The molecule has 0 aliphatic rings. The molecule has 0 bridgehead atoms. The molecular formula is C19H17ClN4O3. The lowest BCUT2D eigenvalue weighted by Crippen LogP contribution is -2.21. The first kappa shape index (κ1) is 18.6. The molecule has 1 heterocycles. The van der Waals surface area contributed by atoms with Crippen molar-refractivity contribution in [3.8, 4) is 5.69 Å². The second-order valence-electron chi connectivity index (χ2n) is 5.87. The zero-order valence-corrected chi connectivity index (χ0v) is 15.5. The lowest BCUT2D eigenvalue weighted by Gasteiger charge is -2.08. The van der Waals surface area contributed by atoms with Crippen molar-refractivity contribution < 1.29 is 14.3 Å². The fourth-order valence-corrected chi connectivity index (χ4v) is 2.63. The summed E-state index contributed by atoms with van der Waals surface area (Å²) in [6, 6.07) is 14.4.